The fraction of sp³-hybridized carbons (Fsp3) is 0.708. The highest BCUT2D eigenvalue weighted by atomic mass is 19.4. The van der Waals surface area contributed by atoms with Crippen LogP contribution in [0.3, 0.4) is 0 Å². The molecule has 6 N–H and O–H groups in total. The van der Waals surface area contributed by atoms with Gasteiger partial charge in [0.25, 0.3) is 0 Å². The molecule has 6 rings (SSSR count). The fourth-order valence-electron chi connectivity index (χ4n) is 9.77. The summed E-state index contributed by atoms with van der Waals surface area (Å²) in [6, 6.07) is -24.3. The minimum Gasteiger partial charge on any atom is -0.369 e. The minimum absolute atomic E-state index is 0.0624. The third kappa shape index (κ3) is 21.1. The Morgan fingerprint density at radius 2 is 1.53 bits per heavy atom. The summed E-state index contributed by atoms with van der Waals surface area (Å²) >= 11 is 0. The van der Waals surface area contributed by atoms with E-state index in [0.29, 0.717) is 36.4 Å². The van der Waals surface area contributed by atoms with Crippen molar-refractivity contribution in [1.82, 2.24) is 51.5 Å². The second-order valence-corrected chi connectivity index (χ2v) is 22.8. The molecule has 3 fully saturated rings. The van der Waals surface area contributed by atoms with Gasteiger partial charge in [0, 0.05) is 205 Å². The first-order valence-electron chi connectivity index (χ1n) is 47.2. The van der Waals surface area contributed by atoms with Crippen molar-refractivity contribution in [2.24, 2.45) is 28.6 Å². The summed E-state index contributed by atoms with van der Waals surface area (Å²) in [4.78, 5) is 7.94. The number of ether oxygens (including phenoxy) is 1. The monoisotopic (exact) mass is 1280 g/mol. The van der Waals surface area contributed by atoms with E-state index in [1.165, 1.54) is 70.8 Å². The molecule has 1 saturated carbocycles. The lowest BCUT2D eigenvalue weighted by atomic mass is 9.76. The summed E-state index contributed by atoms with van der Waals surface area (Å²) in [5, 5.41) is 0.760. The number of aliphatic imine (C=N–C) groups is 1. The van der Waals surface area contributed by atoms with Gasteiger partial charge in [-0.05, 0) is 153 Å². The molecule has 12 nitrogen and oxygen atoms in total. The Morgan fingerprint density at radius 1 is 0.843 bits per heavy atom. The Balaban J connectivity index is 1.82. The van der Waals surface area contributed by atoms with Crippen LogP contribution in [0.5, 0.6) is 0 Å². The van der Waals surface area contributed by atoms with Gasteiger partial charge in [0.15, 0.2) is 0 Å². The third-order valence-corrected chi connectivity index (χ3v) is 15.5. The Labute approximate surface area is 583 Å². The predicted molar refractivity (Wildman–Crippen MR) is 359 cm³/mol. The average molecular weight is 1280 g/mol. The molecule has 3 aliphatic heterocycles. The van der Waals surface area contributed by atoms with Gasteiger partial charge >= 0.3 is 6.18 Å². The number of nitrogens with one attached hydrogen (secondary N) is 6. The van der Waals surface area contributed by atoms with Crippen molar-refractivity contribution >= 4 is 5.71 Å². The topological polar surface area (TPSA) is 107 Å². The number of allylic oxidation sites excluding steroid dienone is 3. The van der Waals surface area contributed by atoms with Gasteiger partial charge in [0.2, 0.25) is 0 Å². The average Bonchev–Trinajstić information content (AvgIpc) is 1.62. The van der Waals surface area contributed by atoms with E-state index in [9.17, 15) is 54.5 Å². The highest BCUT2D eigenvalue weighted by Gasteiger charge is 2.50. The molecule has 1 aliphatic carbocycles. The van der Waals surface area contributed by atoms with Gasteiger partial charge in [0.1, 0.15) is 30.5 Å². The van der Waals surface area contributed by atoms with Gasteiger partial charge in [-0.2, -0.15) is 13.2 Å². The van der Waals surface area contributed by atoms with E-state index < -0.39 is 226 Å². The van der Waals surface area contributed by atoms with Crippen molar-refractivity contribution < 1.29 is 73.5 Å². The summed E-state index contributed by atoms with van der Waals surface area (Å²) in [5.41, 5.74) is -6.51. The fourth-order valence-corrected chi connectivity index (χ4v) is 9.77. The maximum Gasteiger partial charge on any atom is 0.422 e. The van der Waals surface area contributed by atoms with Crippen molar-refractivity contribution in [3.8, 4) is 0 Å². The molecule has 89 heavy (non-hydrogen) atoms. The van der Waals surface area contributed by atoms with E-state index >= 15 is 8.78 Å². The van der Waals surface area contributed by atoms with E-state index in [-0.39, 0.29) is 63.8 Å². The normalized spacial score (nSPS) is 49.8. The Hall–Kier alpha value is -4.36. The third-order valence-electron chi connectivity index (χ3n) is 15.5. The number of alkyl halides is 3. The van der Waals surface area contributed by atoms with E-state index in [0.717, 1.165) is 64.9 Å². The van der Waals surface area contributed by atoms with Crippen LogP contribution in [0.25, 0.3) is 0 Å². The van der Waals surface area contributed by atoms with E-state index in [1.54, 1.807) is 31.2 Å². The van der Waals surface area contributed by atoms with Gasteiger partial charge in [-0.1, -0.05) is 104 Å². The van der Waals surface area contributed by atoms with Gasteiger partial charge in [-0.3, -0.25) is 9.89 Å². The number of hydrogen-bond acceptors (Lipinski definition) is 12. The van der Waals surface area contributed by atoms with Gasteiger partial charge in [0.05, 0.1) is 1.37 Å². The van der Waals surface area contributed by atoms with E-state index in [2.05, 4.69) is 10.3 Å². The van der Waals surface area contributed by atoms with Gasteiger partial charge in [-0.15, -0.1) is 0 Å². The molecule has 0 radical (unpaired) electrons. The molecule has 0 amide bonds. The zero-order chi connectivity index (χ0) is 95.7. The van der Waals surface area contributed by atoms with Crippen molar-refractivity contribution in [3.05, 3.63) is 119 Å². The molecule has 1 spiro atoms. The molecule has 3 heterocycles. The van der Waals surface area contributed by atoms with Crippen LogP contribution in [-0.4, -0.2) is 144 Å². The zero-order valence-corrected chi connectivity index (χ0v) is 54.4. The van der Waals surface area contributed by atoms with Crippen molar-refractivity contribution in [3.63, 3.8) is 0 Å². The molecule has 6 unspecified atom stereocenters. The van der Waals surface area contributed by atoms with Crippen LogP contribution >= 0.6 is 0 Å². The highest BCUT2D eigenvalue weighted by Crippen LogP contribution is 2.40. The number of benzene rings is 2. The van der Waals surface area contributed by atoms with Crippen LogP contribution in [0.15, 0.2) is 89.9 Å². The summed E-state index contributed by atoms with van der Waals surface area (Å²) in [5.74, 6) is -11.8. The number of hydrogen-bond donors (Lipinski definition) is 6. The first-order valence-corrected chi connectivity index (χ1v) is 30.4. The van der Waals surface area contributed by atoms with Crippen LogP contribution in [0.2, 0.25) is 7.06 Å². The molecule has 2 aromatic rings. The minimum atomic E-state index is -5.46. The quantitative estimate of drug-likeness (QED) is 0.102. The SMILES string of the molecule is [2H]C1N2C(=CN(CC)C(Cc3ccc(C)cc3)=CN(C)C=CN=C(CCc3cc(F)c(C(F)(F)F)c(F)c3)C=CN[C@H](OCC)CN([2H])C([2H])([2H])C3(N([2H])C([2H])(C)[C@]([2H])([C@@H](C)CC)N4C([2H])(C)[C@@]([2H])(C)C4([2H])C([2H])([2H])N([2H])C([2H])(C)[C@]([2H])(CC(C)C)N([2H])C([2H])([2H])[C@]([2H])([C@@H](C)CC)N([2H])C([2H])(C)[C@]2([2H])C)C([2H])([2H])C([2H])([2H])C([2H])([2H])C3([2H])[2H])C([2H])([2H])C1([2H])[2H]. The molecule has 2 aromatic carbocycles. The van der Waals surface area contributed by atoms with Crippen LogP contribution < -0.4 is 31.9 Å². The number of rotatable bonds is 14. The second kappa shape index (κ2) is 35.1. The largest absolute Gasteiger partial charge is 0.422 e. The molecule has 14 atom stereocenters. The Kier molecular flexibility index (Phi) is 15.3. The lowest BCUT2D eigenvalue weighted by Gasteiger charge is -2.60. The molecule has 4 aliphatic rings. The van der Waals surface area contributed by atoms with Crippen molar-refractivity contribution in [2.45, 2.75) is 253 Å². The maximum atomic E-state index is 15.2. The van der Waals surface area contributed by atoms with E-state index in [1.807, 2.05) is 6.92 Å². The lowest BCUT2D eigenvalue weighted by molar-refractivity contribution is -0.142. The summed E-state index contributed by atoms with van der Waals surface area (Å²) in [7, 11) is 1.47. The maximum absolute atomic E-state index is 15.2. The standard InChI is InChI=1S/C72H118F5N11O/c1-17-50(8)66-42-82-65(38-48(5)6)54(12)81-43-67-52(10)56(14)88(67)70(51(9)18-2)55(13)84-71(32-21-22-33-71)47-78-44-68(89-20-4)80-34-31-60(30-29-59-40-63(73)69(64(74)41-59)72(75,76)77)79-35-37-85(16)45-62(39-58-27-25-49(7)26-28-58)86(19-3)46-61-24-23-36-87(61)57(15)53(11)83-66/h25-28,31,34-35,37,40-41,45-46,48,50-57,65-68,70,78,80-84H,17-24,29-30,32-33,36,38-39,42-44,47H2,1-16H3/t50-,51-,52+,53?,54?,55?,56?,57-,65-,66+,67?,68+,70-/m0/s1/i21D2,22D2,23D2,24D2,32D2,33D2,36D,42D2,43D2,47D2,52D,53D,54D,55D,56D,57D,65D,66D,67D,70D/hD5/t36?,50-,51-,52+,53?,54?,55?,56?,57-,65-,66+,67?,68+,70-. The van der Waals surface area contributed by atoms with Crippen molar-refractivity contribution in [2.75, 3.05) is 52.8 Å². The van der Waals surface area contributed by atoms with E-state index in [4.69, 9.17) is 10.2 Å². The molecular formula is C72H118F5N11O. The molecule has 0 aromatic heterocycles. The number of likely N-dealkylation sites (N-methyl/N-ethyl adjacent to an activating group) is 1. The molecule has 2 saturated heterocycles. The zero-order valence-electron chi connectivity index (χ0n) is 88.4. The number of nitrogens with zero attached hydrogens (tertiary/aromatic N) is 5. The summed E-state index contributed by atoms with van der Waals surface area (Å²) in [6.45, 7) is -0.729. The molecule has 17 heteroatoms. The number of aryl methyl sites for hydroxylation is 2. The Morgan fingerprint density at radius 3 is 2.16 bits per heavy atom. The summed E-state index contributed by atoms with van der Waals surface area (Å²) < 4.78 is 415. The Bertz CT molecular complexity index is 4200. The van der Waals surface area contributed by atoms with Crippen LogP contribution in [0.1, 0.15) is 223 Å². The predicted octanol–water partition coefficient (Wildman–Crippen LogP) is 13.7. The van der Waals surface area contributed by atoms with Crippen molar-refractivity contribution in [1.29, 1.82) is 0 Å². The highest BCUT2D eigenvalue weighted by molar-refractivity contribution is 5.95. The van der Waals surface area contributed by atoms with Crippen LogP contribution in [0, 0.1) is 42.2 Å². The summed E-state index contributed by atoms with van der Waals surface area (Å²) in [6.07, 6.45) is -27.7. The van der Waals surface area contributed by atoms with Gasteiger partial charge < -0.3 is 51.3 Å². The van der Waals surface area contributed by atoms with Gasteiger partial charge in [-0.25, -0.2) is 8.78 Å². The first-order chi connectivity index (χ1) is 55.2. The van der Waals surface area contributed by atoms with Crippen LogP contribution in [-0.2, 0) is 23.8 Å². The lowest BCUT2D eigenvalue weighted by Crippen LogP contribution is -2.73. The van der Waals surface area contributed by atoms with Crippen LogP contribution in [0.4, 0.5) is 22.0 Å². The molecular weight excluding hydrogens is 1130 g/mol. The molecule has 502 valence electrons. The number of halogens is 5. The number of fused-ring (bicyclic) bond motifs is 2. The smallest absolute Gasteiger partial charge is 0.369 e. The second-order valence-electron chi connectivity index (χ2n) is 22.8. The first kappa shape index (κ1) is 38.7. The molecule has 0 bridgehead atoms.